The van der Waals surface area contributed by atoms with Crippen molar-refractivity contribution in [2.24, 2.45) is 5.92 Å². The summed E-state index contributed by atoms with van der Waals surface area (Å²) in [6.45, 7) is 12.8. The highest BCUT2D eigenvalue weighted by Crippen LogP contribution is 2.08. The van der Waals surface area contributed by atoms with E-state index in [4.69, 9.17) is 4.74 Å². The Hall–Kier alpha value is -0.0800. The highest BCUT2D eigenvalue weighted by atomic mass is 16.5. The van der Waals surface area contributed by atoms with Gasteiger partial charge in [0, 0.05) is 12.6 Å². The highest BCUT2D eigenvalue weighted by molar-refractivity contribution is 4.67. The average Bonchev–Trinajstić information content (AvgIpc) is 2.15. The molecule has 0 bridgehead atoms. The Morgan fingerprint density at radius 1 is 1.14 bits per heavy atom. The zero-order valence-electron chi connectivity index (χ0n) is 10.5. The van der Waals surface area contributed by atoms with Crippen LogP contribution in [0, 0.1) is 5.92 Å². The minimum absolute atomic E-state index is 0.314. The summed E-state index contributed by atoms with van der Waals surface area (Å²) in [5.74, 6) is 0.691. The highest BCUT2D eigenvalue weighted by Gasteiger charge is 2.12. The lowest BCUT2D eigenvalue weighted by Crippen LogP contribution is -2.37. The minimum Gasteiger partial charge on any atom is -0.377 e. The predicted molar refractivity (Wildman–Crippen MR) is 62.6 cm³/mol. The number of likely N-dealkylation sites (N-methyl/N-ethyl adjacent to an activating group) is 1. The normalized spacial score (nSPS) is 17.8. The molecule has 14 heavy (non-hydrogen) atoms. The number of ether oxygens (including phenoxy) is 1. The molecule has 0 rings (SSSR count). The quantitative estimate of drug-likeness (QED) is 0.652. The Morgan fingerprint density at radius 3 is 2.29 bits per heavy atom. The van der Waals surface area contributed by atoms with Gasteiger partial charge in [-0.05, 0) is 32.7 Å². The first-order valence-corrected chi connectivity index (χ1v) is 5.96. The molecular formula is C12H27NO. The number of hydrogen-bond donors (Lipinski definition) is 1. The topological polar surface area (TPSA) is 21.3 Å². The summed E-state index contributed by atoms with van der Waals surface area (Å²) >= 11 is 0. The molecule has 0 saturated carbocycles. The maximum Gasteiger partial charge on any atom is 0.0697 e. The van der Waals surface area contributed by atoms with Crippen LogP contribution in [0.2, 0.25) is 0 Å². The molecule has 2 nitrogen and oxygen atoms in total. The summed E-state index contributed by atoms with van der Waals surface area (Å²) in [4.78, 5) is 0. The molecule has 0 aromatic rings. The van der Waals surface area contributed by atoms with E-state index in [1.807, 2.05) is 0 Å². The van der Waals surface area contributed by atoms with Crippen molar-refractivity contribution in [3.8, 4) is 0 Å². The van der Waals surface area contributed by atoms with Gasteiger partial charge in [-0.3, -0.25) is 0 Å². The van der Waals surface area contributed by atoms with Gasteiger partial charge in [0.1, 0.15) is 0 Å². The summed E-state index contributed by atoms with van der Waals surface area (Å²) in [6, 6.07) is 0.453. The molecule has 3 atom stereocenters. The average molecular weight is 201 g/mol. The number of hydrogen-bond acceptors (Lipinski definition) is 2. The van der Waals surface area contributed by atoms with Crippen molar-refractivity contribution in [2.45, 2.75) is 59.6 Å². The maximum atomic E-state index is 5.81. The van der Waals surface area contributed by atoms with Crippen molar-refractivity contribution in [1.29, 1.82) is 0 Å². The van der Waals surface area contributed by atoms with Gasteiger partial charge in [-0.25, -0.2) is 0 Å². The Labute approximate surface area is 89.4 Å². The summed E-state index contributed by atoms with van der Waals surface area (Å²) in [5.41, 5.74) is 0. The summed E-state index contributed by atoms with van der Waals surface area (Å²) in [5, 5.41) is 3.38. The van der Waals surface area contributed by atoms with Gasteiger partial charge < -0.3 is 10.1 Å². The molecule has 0 saturated heterocycles. The van der Waals surface area contributed by atoms with E-state index in [2.05, 4.69) is 39.9 Å². The van der Waals surface area contributed by atoms with Crippen LogP contribution in [0.1, 0.15) is 47.5 Å². The van der Waals surface area contributed by atoms with Crippen LogP contribution < -0.4 is 5.32 Å². The van der Waals surface area contributed by atoms with Crippen LogP contribution >= 0.6 is 0 Å². The van der Waals surface area contributed by atoms with Gasteiger partial charge >= 0.3 is 0 Å². The van der Waals surface area contributed by atoms with Gasteiger partial charge in [0.25, 0.3) is 0 Å². The molecule has 0 spiro atoms. The Morgan fingerprint density at radius 2 is 1.79 bits per heavy atom. The lowest BCUT2D eigenvalue weighted by atomic mass is 10.1. The molecule has 86 valence electrons. The van der Waals surface area contributed by atoms with E-state index in [1.54, 1.807) is 0 Å². The Balaban J connectivity index is 3.56. The molecule has 0 aromatic carbocycles. The monoisotopic (exact) mass is 201 g/mol. The second-order valence-corrected chi connectivity index (χ2v) is 4.28. The molecule has 0 aliphatic heterocycles. The van der Waals surface area contributed by atoms with Crippen molar-refractivity contribution in [3.05, 3.63) is 0 Å². The standard InChI is InChI=1S/C12H27NO/c1-6-8-10(3)9-14-12(5)11(4)13-7-2/h10-13H,6-9H2,1-5H3. The first-order valence-electron chi connectivity index (χ1n) is 5.96. The molecule has 2 heteroatoms. The van der Waals surface area contributed by atoms with E-state index >= 15 is 0 Å². The molecule has 3 unspecified atom stereocenters. The van der Waals surface area contributed by atoms with Gasteiger partial charge in [-0.2, -0.15) is 0 Å². The van der Waals surface area contributed by atoms with Crippen molar-refractivity contribution in [1.82, 2.24) is 5.32 Å². The van der Waals surface area contributed by atoms with Gasteiger partial charge in [0.15, 0.2) is 0 Å². The van der Waals surface area contributed by atoms with Crippen molar-refractivity contribution >= 4 is 0 Å². The van der Waals surface area contributed by atoms with Crippen LogP contribution in [0.15, 0.2) is 0 Å². The molecular weight excluding hydrogens is 174 g/mol. The number of nitrogens with one attached hydrogen (secondary N) is 1. The van der Waals surface area contributed by atoms with E-state index in [0.717, 1.165) is 13.2 Å². The summed E-state index contributed by atoms with van der Waals surface area (Å²) < 4.78 is 5.81. The fourth-order valence-corrected chi connectivity index (χ4v) is 1.52. The fourth-order valence-electron chi connectivity index (χ4n) is 1.52. The van der Waals surface area contributed by atoms with Gasteiger partial charge in [0.05, 0.1) is 6.10 Å². The molecule has 0 radical (unpaired) electrons. The molecule has 0 heterocycles. The smallest absolute Gasteiger partial charge is 0.0697 e. The van der Waals surface area contributed by atoms with Crippen molar-refractivity contribution in [2.75, 3.05) is 13.2 Å². The molecule has 1 N–H and O–H groups in total. The first kappa shape index (κ1) is 13.9. The lowest BCUT2D eigenvalue weighted by Gasteiger charge is -2.22. The zero-order valence-corrected chi connectivity index (χ0v) is 10.5. The number of rotatable bonds is 8. The van der Waals surface area contributed by atoms with Crippen LogP contribution in [0.25, 0.3) is 0 Å². The zero-order chi connectivity index (χ0) is 11.0. The van der Waals surface area contributed by atoms with Crippen LogP contribution in [0.4, 0.5) is 0 Å². The SMILES string of the molecule is CCCC(C)COC(C)C(C)NCC. The summed E-state index contributed by atoms with van der Waals surface area (Å²) in [6.07, 6.45) is 2.83. The van der Waals surface area contributed by atoms with Gasteiger partial charge in [0.2, 0.25) is 0 Å². The third-order valence-corrected chi connectivity index (χ3v) is 2.66. The molecule has 0 aromatic heterocycles. The predicted octanol–water partition coefficient (Wildman–Crippen LogP) is 2.83. The summed E-state index contributed by atoms with van der Waals surface area (Å²) in [7, 11) is 0. The molecule has 0 amide bonds. The second kappa shape index (κ2) is 8.25. The lowest BCUT2D eigenvalue weighted by molar-refractivity contribution is 0.0229. The van der Waals surface area contributed by atoms with Crippen LogP contribution in [0.3, 0.4) is 0 Å². The molecule has 0 aliphatic rings. The van der Waals surface area contributed by atoms with Crippen LogP contribution in [0.5, 0.6) is 0 Å². The minimum atomic E-state index is 0.314. The van der Waals surface area contributed by atoms with E-state index in [1.165, 1.54) is 12.8 Å². The van der Waals surface area contributed by atoms with Gasteiger partial charge in [-0.1, -0.05) is 27.2 Å². The van der Waals surface area contributed by atoms with E-state index in [-0.39, 0.29) is 0 Å². The third-order valence-electron chi connectivity index (χ3n) is 2.66. The van der Waals surface area contributed by atoms with E-state index in [0.29, 0.717) is 18.1 Å². The van der Waals surface area contributed by atoms with E-state index < -0.39 is 0 Å². The Bertz CT molecular complexity index is 127. The first-order chi connectivity index (χ1) is 6.61. The molecule has 0 aliphatic carbocycles. The molecule has 0 fully saturated rings. The third kappa shape index (κ3) is 6.39. The maximum absolute atomic E-state index is 5.81. The largest absolute Gasteiger partial charge is 0.377 e. The van der Waals surface area contributed by atoms with E-state index in [9.17, 15) is 0 Å². The Kier molecular flexibility index (Phi) is 8.20. The van der Waals surface area contributed by atoms with Crippen LogP contribution in [-0.2, 0) is 4.74 Å². The van der Waals surface area contributed by atoms with Gasteiger partial charge in [-0.15, -0.1) is 0 Å². The second-order valence-electron chi connectivity index (χ2n) is 4.28. The van der Waals surface area contributed by atoms with Crippen LogP contribution in [-0.4, -0.2) is 25.3 Å². The fraction of sp³-hybridized carbons (Fsp3) is 1.00. The van der Waals surface area contributed by atoms with Crippen molar-refractivity contribution < 1.29 is 4.74 Å². The van der Waals surface area contributed by atoms with Crippen molar-refractivity contribution in [3.63, 3.8) is 0 Å².